The van der Waals surface area contributed by atoms with Gasteiger partial charge >= 0.3 is 5.97 Å². The summed E-state index contributed by atoms with van der Waals surface area (Å²) in [7, 11) is 0. The zero-order chi connectivity index (χ0) is 14.5. The zero-order valence-electron chi connectivity index (χ0n) is 12.1. The SMILES string of the molecule is CCC(=O)[O-].CCOC(=O)CCCC1CCCCN1. The molecule has 0 bridgehead atoms. The first-order chi connectivity index (χ1) is 9.10. The fourth-order valence-electron chi connectivity index (χ4n) is 1.90. The van der Waals surface area contributed by atoms with Gasteiger partial charge in [-0.25, -0.2) is 0 Å². The Bertz CT molecular complexity index is 250. The number of hydrogen-bond acceptors (Lipinski definition) is 5. The van der Waals surface area contributed by atoms with Gasteiger partial charge in [0.15, 0.2) is 0 Å². The third-order valence-electron chi connectivity index (χ3n) is 2.94. The lowest BCUT2D eigenvalue weighted by molar-refractivity contribution is -0.305. The van der Waals surface area contributed by atoms with Crippen LogP contribution in [0.3, 0.4) is 0 Å². The topological polar surface area (TPSA) is 78.5 Å². The number of piperidine rings is 1. The van der Waals surface area contributed by atoms with Crippen LogP contribution >= 0.6 is 0 Å². The molecule has 1 fully saturated rings. The second-order valence-corrected chi connectivity index (χ2v) is 4.57. The van der Waals surface area contributed by atoms with Crippen molar-refractivity contribution < 1.29 is 19.4 Å². The average Bonchev–Trinajstić information content (AvgIpc) is 2.41. The van der Waals surface area contributed by atoms with Crippen molar-refractivity contribution in [1.82, 2.24) is 5.32 Å². The fourth-order valence-corrected chi connectivity index (χ4v) is 1.90. The van der Waals surface area contributed by atoms with Gasteiger partial charge in [-0.2, -0.15) is 0 Å². The number of carbonyl (C=O) groups excluding carboxylic acids is 2. The molecule has 5 heteroatoms. The number of nitrogens with one attached hydrogen (secondary N) is 1. The Morgan fingerprint density at radius 1 is 1.32 bits per heavy atom. The van der Waals surface area contributed by atoms with Crippen molar-refractivity contribution in [3.05, 3.63) is 0 Å². The van der Waals surface area contributed by atoms with E-state index in [1.165, 1.54) is 26.2 Å². The number of carboxylic acids is 1. The average molecular weight is 272 g/mol. The summed E-state index contributed by atoms with van der Waals surface area (Å²) >= 11 is 0. The van der Waals surface area contributed by atoms with Gasteiger partial charge in [0, 0.05) is 18.4 Å². The van der Waals surface area contributed by atoms with Crippen LogP contribution in [0.2, 0.25) is 0 Å². The highest BCUT2D eigenvalue weighted by Gasteiger charge is 2.12. The highest BCUT2D eigenvalue weighted by molar-refractivity contribution is 5.69. The van der Waals surface area contributed by atoms with Crippen molar-refractivity contribution in [2.24, 2.45) is 0 Å². The van der Waals surface area contributed by atoms with E-state index >= 15 is 0 Å². The molecule has 1 unspecified atom stereocenters. The quantitative estimate of drug-likeness (QED) is 0.730. The molecule has 1 aliphatic rings. The molecular formula is C14H26NO4-. The van der Waals surface area contributed by atoms with Crippen LogP contribution in [0.5, 0.6) is 0 Å². The maximum atomic E-state index is 11.0. The first kappa shape index (κ1) is 17.9. The van der Waals surface area contributed by atoms with Crippen molar-refractivity contribution >= 4 is 11.9 Å². The highest BCUT2D eigenvalue weighted by Crippen LogP contribution is 2.12. The molecule has 1 N–H and O–H groups in total. The van der Waals surface area contributed by atoms with Gasteiger partial charge in [-0.1, -0.05) is 13.3 Å². The van der Waals surface area contributed by atoms with Crippen LogP contribution in [-0.2, 0) is 14.3 Å². The molecule has 5 nitrogen and oxygen atoms in total. The van der Waals surface area contributed by atoms with Gasteiger partial charge in [-0.05, 0) is 45.6 Å². The minimum Gasteiger partial charge on any atom is -0.550 e. The Hall–Kier alpha value is -1.10. The molecule has 0 aromatic carbocycles. The van der Waals surface area contributed by atoms with E-state index in [2.05, 4.69) is 5.32 Å². The molecule has 1 aliphatic heterocycles. The number of ether oxygens (including phenoxy) is 1. The molecule has 1 rings (SSSR count). The molecule has 0 aromatic heterocycles. The second-order valence-electron chi connectivity index (χ2n) is 4.57. The zero-order valence-corrected chi connectivity index (χ0v) is 12.1. The summed E-state index contributed by atoms with van der Waals surface area (Å²) in [5.41, 5.74) is 0. The van der Waals surface area contributed by atoms with Crippen LogP contribution in [0.15, 0.2) is 0 Å². The predicted molar refractivity (Wildman–Crippen MR) is 71.4 cm³/mol. The molecule has 1 atom stereocenters. The van der Waals surface area contributed by atoms with E-state index in [4.69, 9.17) is 4.74 Å². The molecule has 0 spiro atoms. The summed E-state index contributed by atoms with van der Waals surface area (Å²) in [6.45, 7) is 5.03. The van der Waals surface area contributed by atoms with Gasteiger partial charge < -0.3 is 20.0 Å². The molecule has 0 amide bonds. The van der Waals surface area contributed by atoms with E-state index in [-0.39, 0.29) is 12.4 Å². The van der Waals surface area contributed by atoms with Crippen LogP contribution < -0.4 is 10.4 Å². The molecule has 1 heterocycles. The van der Waals surface area contributed by atoms with Crippen LogP contribution in [0.1, 0.15) is 58.8 Å². The molecule has 0 aliphatic carbocycles. The molecule has 112 valence electrons. The molecular weight excluding hydrogens is 246 g/mol. The van der Waals surface area contributed by atoms with Crippen LogP contribution in [0, 0.1) is 0 Å². The fraction of sp³-hybridized carbons (Fsp3) is 0.857. The normalized spacial score (nSPS) is 18.1. The van der Waals surface area contributed by atoms with Crippen molar-refractivity contribution in [3.8, 4) is 0 Å². The largest absolute Gasteiger partial charge is 0.550 e. The van der Waals surface area contributed by atoms with Crippen LogP contribution in [0.25, 0.3) is 0 Å². The number of hydrogen-bond donors (Lipinski definition) is 1. The molecule has 0 saturated carbocycles. The second kappa shape index (κ2) is 12.0. The molecule has 1 saturated heterocycles. The summed E-state index contributed by atoms with van der Waals surface area (Å²) in [5.74, 6) is -1.05. The summed E-state index contributed by atoms with van der Waals surface area (Å²) in [4.78, 5) is 20.3. The van der Waals surface area contributed by atoms with Gasteiger partial charge in [0.1, 0.15) is 0 Å². The van der Waals surface area contributed by atoms with E-state index in [0.717, 1.165) is 19.4 Å². The summed E-state index contributed by atoms with van der Waals surface area (Å²) in [6.07, 6.45) is 6.65. The predicted octanol–water partition coefficient (Wildman–Crippen LogP) is 1.01. The minimum absolute atomic E-state index is 0.0525. The third kappa shape index (κ3) is 11.7. The summed E-state index contributed by atoms with van der Waals surface area (Å²) < 4.78 is 4.87. The minimum atomic E-state index is -0.995. The first-order valence-electron chi connectivity index (χ1n) is 7.19. The monoisotopic (exact) mass is 272 g/mol. The standard InChI is InChI=1S/C11H21NO2.C3H6O2/c1-2-14-11(13)8-5-7-10-6-3-4-9-12-10;1-2-3(4)5/h10,12H,2-9H2,1H3;2H2,1H3,(H,4,5)/p-1. The Balaban J connectivity index is 0.000000555. The highest BCUT2D eigenvalue weighted by atomic mass is 16.5. The third-order valence-corrected chi connectivity index (χ3v) is 2.94. The van der Waals surface area contributed by atoms with Crippen molar-refractivity contribution in [2.45, 2.75) is 64.8 Å². The first-order valence-corrected chi connectivity index (χ1v) is 7.19. The summed E-state index contributed by atoms with van der Waals surface area (Å²) in [5, 5.41) is 12.7. The van der Waals surface area contributed by atoms with Crippen molar-refractivity contribution in [1.29, 1.82) is 0 Å². The van der Waals surface area contributed by atoms with Gasteiger partial charge in [0.25, 0.3) is 0 Å². The molecule has 0 aromatic rings. The number of rotatable bonds is 6. The van der Waals surface area contributed by atoms with E-state index in [1.807, 2.05) is 6.92 Å². The lowest BCUT2D eigenvalue weighted by atomic mass is 10.00. The lowest BCUT2D eigenvalue weighted by Crippen LogP contribution is -2.33. The maximum absolute atomic E-state index is 11.0. The summed E-state index contributed by atoms with van der Waals surface area (Å²) in [6, 6.07) is 0.637. The van der Waals surface area contributed by atoms with Gasteiger partial charge in [-0.3, -0.25) is 4.79 Å². The van der Waals surface area contributed by atoms with Gasteiger partial charge in [0.2, 0.25) is 0 Å². The van der Waals surface area contributed by atoms with E-state index in [0.29, 0.717) is 19.1 Å². The van der Waals surface area contributed by atoms with E-state index in [9.17, 15) is 14.7 Å². The molecule has 0 radical (unpaired) electrons. The van der Waals surface area contributed by atoms with Crippen molar-refractivity contribution in [2.75, 3.05) is 13.2 Å². The maximum Gasteiger partial charge on any atom is 0.305 e. The van der Waals surface area contributed by atoms with E-state index in [1.54, 1.807) is 0 Å². The number of carbonyl (C=O) groups is 2. The van der Waals surface area contributed by atoms with Crippen LogP contribution in [-0.4, -0.2) is 31.1 Å². The van der Waals surface area contributed by atoms with Crippen molar-refractivity contribution in [3.63, 3.8) is 0 Å². The Morgan fingerprint density at radius 3 is 2.47 bits per heavy atom. The van der Waals surface area contributed by atoms with E-state index < -0.39 is 5.97 Å². The lowest BCUT2D eigenvalue weighted by Gasteiger charge is -2.23. The number of carboxylic acid groups (broad SMARTS) is 1. The molecule has 19 heavy (non-hydrogen) atoms. The number of aliphatic carboxylic acids is 1. The Labute approximate surface area is 115 Å². The van der Waals surface area contributed by atoms with Gasteiger partial charge in [-0.15, -0.1) is 0 Å². The smallest absolute Gasteiger partial charge is 0.305 e. The van der Waals surface area contributed by atoms with Crippen LogP contribution in [0.4, 0.5) is 0 Å². The van der Waals surface area contributed by atoms with Gasteiger partial charge in [0.05, 0.1) is 6.61 Å². The number of esters is 1. The Morgan fingerprint density at radius 2 is 2.00 bits per heavy atom. The Kier molecular flexibility index (Phi) is 11.3.